The minimum Gasteiger partial charge on any atom is -0.387 e. The third-order valence-electron chi connectivity index (χ3n) is 2.39. The molecule has 0 fully saturated rings. The lowest BCUT2D eigenvalue weighted by atomic mass is 9.98. The summed E-state index contributed by atoms with van der Waals surface area (Å²) in [7, 11) is 0. The minimum absolute atomic E-state index is 0.253. The van der Waals surface area contributed by atoms with Crippen molar-refractivity contribution >= 4 is 11.6 Å². The van der Waals surface area contributed by atoms with Gasteiger partial charge in [-0.3, -0.25) is 0 Å². The number of aryl methyl sites for hydroxylation is 3. The van der Waals surface area contributed by atoms with E-state index in [-0.39, 0.29) is 5.88 Å². The van der Waals surface area contributed by atoms with Gasteiger partial charge in [-0.05, 0) is 43.0 Å². The van der Waals surface area contributed by atoms with Crippen LogP contribution < -0.4 is 0 Å². The standard InChI is InChI=1S/C11H15ClO/c1-7-4-9(3)10(5-8(7)2)11(13)6-12/h4-5,11,13H,6H2,1-3H3/t11-/m0/s1. The summed E-state index contributed by atoms with van der Waals surface area (Å²) in [6.45, 7) is 6.11. The maximum Gasteiger partial charge on any atom is 0.0927 e. The second kappa shape index (κ2) is 4.12. The highest BCUT2D eigenvalue weighted by molar-refractivity contribution is 6.18. The molecule has 1 aromatic carbocycles. The van der Waals surface area contributed by atoms with Crippen molar-refractivity contribution in [1.82, 2.24) is 0 Å². The van der Waals surface area contributed by atoms with Gasteiger partial charge < -0.3 is 5.11 Å². The number of rotatable bonds is 2. The maximum absolute atomic E-state index is 9.59. The van der Waals surface area contributed by atoms with E-state index < -0.39 is 6.10 Å². The molecule has 0 radical (unpaired) electrons. The van der Waals surface area contributed by atoms with Gasteiger partial charge in [0.15, 0.2) is 0 Å². The summed E-state index contributed by atoms with van der Waals surface area (Å²) in [5.74, 6) is 0.253. The molecule has 0 amide bonds. The molecule has 1 nitrogen and oxygen atoms in total. The molecule has 0 saturated heterocycles. The Morgan fingerprint density at radius 1 is 1.15 bits per heavy atom. The van der Waals surface area contributed by atoms with Crippen molar-refractivity contribution in [3.8, 4) is 0 Å². The van der Waals surface area contributed by atoms with E-state index in [1.165, 1.54) is 11.1 Å². The fourth-order valence-corrected chi connectivity index (χ4v) is 1.59. The van der Waals surface area contributed by atoms with Crippen LogP contribution in [-0.4, -0.2) is 11.0 Å². The highest BCUT2D eigenvalue weighted by Crippen LogP contribution is 2.22. The molecule has 0 bridgehead atoms. The SMILES string of the molecule is Cc1cc(C)c([C@@H](O)CCl)cc1C. The van der Waals surface area contributed by atoms with Crippen LogP contribution in [0.4, 0.5) is 0 Å². The number of benzene rings is 1. The zero-order valence-electron chi connectivity index (χ0n) is 8.26. The quantitative estimate of drug-likeness (QED) is 0.725. The van der Waals surface area contributed by atoms with Gasteiger partial charge in [0.25, 0.3) is 0 Å². The number of aliphatic hydroxyl groups is 1. The highest BCUT2D eigenvalue weighted by Gasteiger charge is 2.09. The molecule has 0 saturated carbocycles. The predicted molar refractivity (Wildman–Crippen MR) is 56.3 cm³/mol. The zero-order valence-corrected chi connectivity index (χ0v) is 9.02. The summed E-state index contributed by atoms with van der Waals surface area (Å²) < 4.78 is 0. The lowest BCUT2D eigenvalue weighted by Crippen LogP contribution is -2.02. The highest BCUT2D eigenvalue weighted by atomic mass is 35.5. The van der Waals surface area contributed by atoms with Gasteiger partial charge in [-0.1, -0.05) is 12.1 Å². The van der Waals surface area contributed by atoms with E-state index in [1.807, 2.05) is 19.9 Å². The van der Waals surface area contributed by atoms with Crippen LogP contribution in [0.15, 0.2) is 12.1 Å². The molecule has 1 aromatic rings. The van der Waals surface area contributed by atoms with Crippen LogP contribution >= 0.6 is 11.6 Å². The molecule has 0 aromatic heterocycles. The van der Waals surface area contributed by atoms with Crippen molar-refractivity contribution in [2.24, 2.45) is 0 Å². The van der Waals surface area contributed by atoms with Crippen LogP contribution in [0.2, 0.25) is 0 Å². The number of alkyl halides is 1. The van der Waals surface area contributed by atoms with Crippen LogP contribution in [0, 0.1) is 20.8 Å². The zero-order chi connectivity index (χ0) is 10.0. The second-order valence-corrected chi connectivity index (χ2v) is 3.77. The van der Waals surface area contributed by atoms with Crippen LogP contribution in [0.5, 0.6) is 0 Å². The molecule has 2 heteroatoms. The van der Waals surface area contributed by atoms with Crippen molar-refractivity contribution in [2.75, 3.05) is 5.88 Å². The van der Waals surface area contributed by atoms with E-state index in [2.05, 4.69) is 13.0 Å². The van der Waals surface area contributed by atoms with Gasteiger partial charge in [-0.15, -0.1) is 11.6 Å². The molecule has 0 aliphatic heterocycles. The van der Waals surface area contributed by atoms with Crippen molar-refractivity contribution < 1.29 is 5.11 Å². The smallest absolute Gasteiger partial charge is 0.0927 e. The Kier molecular flexibility index (Phi) is 3.34. The molecule has 72 valence electrons. The summed E-state index contributed by atoms with van der Waals surface area (Å²) >= 11 is 5.60. The van der Waals surface area contributed by atoms with Crippen LogP contribution in [0.25, 0.3) is 0 Å². The molecule has 1 rings (SSSR count). The molecule has 0 spiro atoms. The van der Waals surface area contributed by atoms with E-state index in [0.717, 1.165) is 11.1 Å². The van der Waals surface area contributed by atoms with E-state index in [9.17, 15) is 5.11 Å². The molecular formula is C11H15ClO. The van der Waals surface area contributed by atoms with Gasteiger partial charge in [0, 0.05) is 0 Å². The number of halogens is 1. The van der Waals surface area contributed by atoms with E-state index in [1.54, 1.807) is 0 Å². The third kappa shape index (κ3) is 2.23. The molecule has 13 heavy (non-hydrogen) atoms. The van der Waals surface area contributed by atoms with E-state index >= 15 is 0 Å². The second-order valence-electron chi connectivity index (χ2n) is 3.46. The summed E-state index contributed by atoms with van der Waals surface area (Å²) in [5, 5.41) is 9.59. The Balaban J connectivity index is 3.15. The Hall–Kier alpha value is -0.530. The Morgan fingerprint density at radius 2 is 1.69 bits per heavy atom. The number of hydrogen-bond acceptors (Lipinski definition) is 1. The molecular weight excluding hydrogens is 184 g/mol. The number of aliphatic hydroxyl groups excluding tert-OH is 1. The molecule has 1 atom stereocenters. The summed E-state index contributed by atoms with van der Waals surface area (Å²) in [6.07, 6.45) is -0.541. The van der Waals surface area contributed by atoms with Gasteiger partial charge in [-0.25, -0.2) is 0 Å². The van der Waals surface area contributed by atoms with E-state index in [0.29, 0.717) is 0 Å². The van der Waals surface area contributed by atoms with Crippen LogP contribution in [-0.2, 0) is 0 Å². The maximum atomic E-state index is 9.59. The van der Waals surface area contributed by atoms with Crippen LogP contribution in [0.3, 0.4) is 0 Å². The molecule has 0 heterocycles. The average molecular weight is 199 g/mol. The first-order valence-corrected chi connectivity index (χ1v) is 4.91. The van der Waals surface area contributed by atoms with Gasteiger partial charge in [-0.2, -0.15) is 0 Å². The van der Waals surface area contributed by atoms with Crippen LogP contribution in [0.1, 0.15) is 28.4 Å². The average Bonchev–Trinajstić information content (AvgIpc) is 2.10. The van der Waals surface area contributed by atoms with Gasteiger partial charge in [0.05, 0.1) is 12.0 Å². The normalized spacial score (nSPS) is 13.0. The summed E-state index contributed by atoms with van der Waals surface area (Å²) in [4.78, 5) is 0. The molecule has 0 aliphatic carbocycles. The van der Waals surface area contributed by atoms with Crippen molar-refractivity contribution in [3.05, 3.63) is 34.4 Å². The minimum atomic E-state index is -0.541. The summed E-state index contributed by atoms with van der Waals surface area (Å²) in [5.41, 5.74) is 4.50. The monoisotopic (exact) mass is 198 g/mol. The molecule has 1 N–H and O–H groups in total. The van der Waals surface area contributed by atoms with Gasteiger partial charge >= 0.3 is 0 Å². The first-order valence-electron chi connectivity index (χ1n) is 4.38. The Morgan fingerprint density at radius 3 is 2.23 bits per heavy atom. The largest absolute Gasteiger partial charge is 0.387 e. The van der Waals surface area contributed by atoms with Crippen molar-refractivity contribution in [1.29, 1.82) is 0 Å². The summed E-state index contributed by atoms with van der Waals surface area (Å²) in [6, 6.07) is 4.10. The van der Waals surface area contributed by atoms with Crippen molar-refractivity contribution in [3.63, 3.8) is 0 Å². The lowest BCUT2D eigenvalue weighted by molar-refractivity contribution is 0.202. The Labute approximate surface area is 84.4 Å². The topological polar surface area (TPSA) is 20.2 Å². The number of hydrogen-bond donors (Lipinski definition) is 1. The Bertz CT molecular complexity index is 307. The molecule has 0 aliphatic rings. The fraction of sp³-hybridized carbons (Fsp3) is 0.455. The fourth-order valence-electron chi connectivity index (χ4n) is 1.42. The lowest BCUT2D eigenvalue weighted by Gasteiger charge is -2.13. The van der Waals surface area contributed by atoms with Gasteiger partial charge in [0.1, 0.15) is 0 Å². The third-order valence-corrected chi connectivity index (χ3v) is 2.68. The first-order chi connectivity index (χ1) is 6.06. The predicted octanol–water partition coefficient (Wildman–Crippen LogP) is 2.88. The molecule has 0 unspecified atom stereocenters. The van der Waals surface area contributed by atoms with E-state index in [4.69, 9.17) is 11.6 Å². The van der Waals surface area contributed by atoms with Crippen molar-refractivity contribution in [2.45, 2.75) is 26.9 Å². The first kappa shape index (κ1) is 10.6. The van der Waals surface area contributed by atoms with Gasteiger partial charge in [0.2, 0.25) is 0 Å².